The Labute approximate surface area is 140 Å². The average Bonchev–Trinajstić information content (AvgIpc) is 2.43. The van der Waals surface area contributed by atoms with E-state index < -0.39 is 29.9 Å². The van der Waals surface area contributed by atoms with Gasteiger partial charge in [0.15, 0.2) is 0 Å². The zero-order valence-electron chi connectivity index (χ0n) is 14.4. The second-order valence-corrected chi connectivity index (χ2v) is 6.30. The largest absolute Gasteiger partial charge is 0.416 e. The van der Waals surface area contributed by atoms with Crippen LogP contribution in [0.5, 0.6) is 0 Å². The molecule has 136 valence electrons. The van der Waals surface area contributed by atoms with Crippen LogP contribution >= 0.6 is 0 Å². The lowest BCUT2D eigenvalue weighted by Gasteiger charge is -2.29. The van der Waals surface area contributed by atoms with E-state index in [1.54, 1.807) is 19.9 Å². The van der Waals surface area contributed by atoms with Crippen molar-refractivity contribution in [1.82, 2.24) is 10.2 Å². The SMILES string of the molecule is CC(O)CN(C(=O)NC(C)Cc1ccccc1C(F)(F)F)C(C)C. The Kier molecular flexibility index (Phi) is 7.08. The minimum absolute atomic E-state index is 0.0715. The molecule has 1 aromatic rings. The van der Waals surface area contributed by atoms with Crippen molar-refractivity contribution in [2.75, 3.05) is 6.54 Å². The molecule has 0 aliphatic carbocycles. The van der Waals surface area contributed by atoms with Crippen LogP contribution in [0, 0.1) is 0 Å². The van der Waals surface area contributed by atoms with E-state index in [-0.39, 0.29) is 24.6 Å². The molecular weight excluding hydrogens is 321 g/mol. The van der Waals surface area contributed by atoms with Gasteiger partial charge in [0.05, 0.1) is 11.7 Å². The second kappa shape index (κ2) is 8.37. The monoisotopic (exact) mass is 346 g/mol. The third-order valence-electron chi connectivity index (χ3n) is 3.56. The van der Waals surface area contributed by atoms with Crippen molar-refractivity contribution in [3.63, 3.8) is 0 Å². The quantitative estimate of drug-likeness (QED) is 0.829. The molecule has 0 heterocycles. The number of rotatable bonds is 6. The van der Waals surface area contributed by atoms with E-state index in [0.717, 1.165) is 6.07 Å². The maximum absolute atomic E-state index is 13.0. The molecule has 1 rings (SSSR count). The first-order chi connectivity index (χ1) is 11.0. The molecule has 0 aliphatic heterocycles. The minimum Gasteiger partial charge on any atom is -0.392 e. The van der Waals surface area contributed by atoms with E-state index in [9.17, 15) is 23.1 Å². The molecule has 7 heteroatoms. The lowest BCUT2D eigenvalue weighted by Crippen LogP contribution is -2.49. The zero-order valence-corrected chi connectivity index (χ0v) is 14.4. The molecule has 1 aromatic carbocycles. The Bertz CT molecular complexity index is 545. The summed E-state index contributed by atoms with van der Waals surface area (Å²) in [5.74, 6) is 0. The van der Waals surface area contributed by atoms with E-state index in [1.807, 2.05) is 13.8 Å². The van der Waals surface area contributed by atoms with Crippen LogP contribution in [0.15, 0.2) is 24.3 Å². The number of amides is 2. The van der Waals surface area contributed by atoms with Gasteiger partial charge in [0.1, 0.15) is 0 Å². The molecule has 2 N–H and O–H groups in total. The molecule has 2 unspecified atom stereocenters. The number of benzene rings is 1. The van der Waals surface area contributed by atoms with E-state index >= 15 is 0 Å². The van der Waals surface area contributed by atoms with Gasteiger partial charge in [0.25, 0.3) is 0 Å². The van der Waals surface area contributed by atoms with Gasteiger partial charge in [-0.3, -0.25) is 0 Å². The normalized spacial score (nSPS) is 14.4. The van der Waals surface area contributed by atoms with Crippen LogP contribution < -0.4 is 5.32 Å². The summed E-state index contributed by atoms with van der Waals surface area (Å²) in [6, 6.07) is 4.35. The molecule has 0 spiro atoms. The smallest absolute Gasteiger partial charge is 0.392 e. The Morgan fingerprint density at radius 3 is 2.29 bits per heavy atom. The molecule has 0 bridgehead atoms. The molecule has 0 saturated carbocycles. The molecular formula is C17H25F3N2O2. The number of halogens is 3. The summed E-state index contributed by atoms with van der Waals surface area (Å²) in [5.41, 5.74) is -0.541. The van der Waals surface area contributed by atoms with Gasteiger partial charge in [-0.1, -0.05) is 18.2 Å². The molecule has 24 heavy (non-hydrogen) atoms. The summed E-state index contributed by atoms with van der Waals surface area (Å²) in [5, 5.41) is 12.2. The standard InChI is InChI=1S/C17H25F3N2O2/c1-11(2)22(10-13(4)23)16(24)21-12(3)9-14-7-5-6-8-15(14)17(18,19)20/h5-8,11-13,23H,9-10H2,1-4H3,(H,21,24). The van der Waals surface area contributed by atoms with Gasteiger partial charge in [0.2, 0.25) is 0 Å². The van der Waals surface area contributed by atoms with Crippen LogP contribution in [0.4, 0.5) is 18.0 Å². The van der Waals surface area contributed by atoms with Gasteiger partial charge in [-0.25, -0.2) is 4.79 Å². The number of hydrogen-bond acceptors (Lipinski definition) is 2. The van der Waals surface area contributed by atoms with Crippen LogP contribution in [0.3, 0.4) is 0 Å². The summed E-state index contributed by atoms with van der Waals surface area (Å²) in [4.78, 5) is 13.7. The molecule has 2 amide bonds. The first-order valence-corrected chi connectivity index (χ1v) is 7.92. The highest BCUT2D eigenvalue weighted by molar-refractivity contribution is 5.74. The highest BCUT2D eigenvalue weighted by Gasteiger charge is 2.33. The fourth-order valence-corrected chi connectivity index (χ4v) is 2.46. The molecule has 0 aliphatic rings. The number of urea groups is 1. The third kappa shape index (κ3) is 6.03. The number of nitrogens with zero attached hydrogens (tertiary/aromatic N) is 1. The third-order valence-corrected chi connectivity index (χ3v) is 3.56. The number of carbonyl (C=O) groups is 1. The van der Waals surface area contributed by atoms with E-state index in [0.29, 0.717) is 0 Å². The van der Waals surface area contributed by atoms with Crippen molar-refractivity contribution in [2.45, 2.75) is 58.5 Å². The number of aliphatic hydroxyl groups excluding tert-OH is 1. The zero-order chi connectivity index (χ0) is 18.5. The molecule has 0 aromatic heterocycles. The Hall–Kier alpha value is -1.76. The van der Waals surface area contributed by atoms with Crippen LogP contribution in [0.25, 0.3) is 0 Å². The number of carbonyl (C=O) groups excluding carboxylic acids is 1. The van der Waals surface area contributed by atoms with Crippen LogP contribution in [-0.4, -0.2) is 40.8 Å². The van der Waals surface area contributed by atoms with Gasteiger partial charge < -0.3 is 15.3 Å². The predicted molar refractivity (Wildman–Crippen MR) is 86.7 cm³/mol. The van der Waals surface area contributed by atoms with Crippen LogP contribution in [-0.2, 0) is 12.6 Å². The second-order valence-electron chi connectivity index (χ2n) is 6.30. The first kappa shape index (κ1) is 20.3. The maximum Gasteiger partial charge on any atom is 0.416 e. The Balaban J connectivity index is 2.79. The number of nitrogens with one attached hydrogen (secondary N) is 1. The van der Waals surface area contributed by atoms with Crippen molar-refractivity contribution in [2.24, 2.45) is 0 Å². The van der Waals surface area contributed by atoms with Gasteiger partial charge in [-0.2, -0.15) is 13.2 Å². The van der Waals surface area contributed by atoms with Gasteiger partial charge in [0, 0.05) is 18.6 Å². The van der Waals surface area contributed by atoms with Crippen LogP contribution in [0.2, 0.25) is 0 Å². The summed E-state index contributed by atoms with van der Waals surface area (Å²) >= 11 is 0. The fraction of sp³-hybridized carbons (Fsp3) is 0.588. The van der Waals surface area contributed by atoms with Crippen molar-refractivity contribution in [1.29, 1.82) is 0 Å². The van der Waals surface area contributed by atoms with E-state index in [1.165, 1.54) is 17.0 Å². The van der Waals surface area contributed by atoms with Gasteiger partial charge in [-0.05, 0) is 45.7 Å². The summed E-state index contributed by atoms with van der Waals surface area (Å²) in [6.07, 6.45) is -5.03. The minimum atomic E-state index is -4.42. The van der Waals surface area contributed by atoms with Gasteiger partial charge in [-0.15, -0.1) is 0 Å². The highest BCUT2D eigenvalue weighted by Crippen LogP contribution is 2.32. The molecule has 0 saturated heterocycles. The number of hydrogen-bond donors (Lipinski definition) is 2. The number of aliphatic hydroxyl groups is 1. The lowest BCUT2D eigenvalue weighted by atomic mass is 10.0. The summed E-state index contributed by atoms with van der Waals surface area (Å²) < 4.78 is 39.0. The Morgan fingerprint density at radius 1 is 1.21 bits per heavy atom. The molecule has 0 radical (unpaired) electrons. The van der Waals surface area contributed by atoms with Gasteiger partial charge >= 0.3 is 12.2 Å². The van der Waals surface area contributed by atoms with E-state index in [2.05, 4.69) is 5.32 Å². The summed E-state index contributed by atoms with van der Waals surface area (Å²) in [7, 11) is 0. The van der Waals surface area contributed by atoms with Crippen molar-refractivity contribution < 1.29 is 23.1 Å². The summed E-state index contributed by atoms with van der Waals surface area (Å²) in [6.45, 7) is 7.02. The fourth-order valence-electron chi connectivity index (χ4n) is 2.46. The van der Waals surface area contributed by atoms with Crippen molar-refractivity contribution in [3.8, 4) is 0 Å². The highest BCUT2D eigenvalue weighted by atomic mass is 19.4. The van der Waals surface area contributed by atoms with Crippen molar-refractivity contribution in [3.05, 3.63) is 35.4 Å². The average molecular weight is 346 g/mol. The van der Waals surface area contributed by atoms with Crippen LogP contribution in [0.1, 0.15) is 38.8 Å². The topological polar surface area (TPSA) is 52.6 Å². The van der Waals surface area contributed by atoms with Crippen molar-refractivity contribution >= 4 is 6.03 Å². The maximum atomic E-state index is 13.0. The molecule has 0 fully saturated rings. The van der Waals surface area contributed by atoms with E-state index in [4.69, 9.17) is 0 Å². The molecule has 4 nitrogen and oxygen atoms in total. The molecule has 2 atom stereocenters. The first-order valence-electron chi connectivity index (χ1n) is 7.92. The predicted octanol–water partition coefficient (Wildman–Crippen LogP) is 3.44. The number of alkyl halides is 3. The lowest BCUT2D eigenvalue weighted by molar-refractivity contribution is -0.138. The Morgan fingerprint density at radius 2 is 1.79 bits per heavy atom.